The van der Waals surface area contributed by atoms with Gasteiger partial charge in [-0.2, -0.15) is 0 Å². The number of nitrogens with zero attached hydrogens (tertiary/aromatic N) is 4. The van der Waals surface area contributed by atoms with Crippen molar-refractivity contribution in [2.24, 2.45) is 0 Å². The van der Waals surface area contributed by atoms with Crippen LogP contribution >= 0.6 is 11.6 Å². The maximum Gasteiger partial charge on any atom is 0.320 e. The predicted octanol–water partition coefficient (Wildman–Crippen LogP) is 4.89. The fraction of sp³-hybridized carbons (Fsp3) is 0.367. The topological polar surface area (TPSA) is 68.8 Å². The summed E-state index contributed by atoms with van der Waals surface area (Å²) in [5.74, 6) is 0.902. The average molecular weight is 532 g/mol. The number of piperazine rings is 1. The lowest BCUT2D eigenvalue weighted by atomic mass is 9.71. The number of rotatable bonds is 5. The number of pyridine rings is 1. The highest BCUT2D eigenvalue weighted by atomic mass is 35.5. The Bertz CT molecular complexity index is 1220. The van der Waals surface area contributed by atoms with Gasteiger partial charge in [-0.3, -0.25) is 4.79 Å². The van der Waals surface area contributed by atoms with Crippen molar-refractivity contribution in [3.63, 3.8) is 0 Å². The van der Waals surface area contributed by atoms with Crippen LogP contribution in [0.4, 0.5) is 10.6 Å². The van der Waals surface area contributed by atoms with Gasteiger partial charge < -0.3 is 20.0 Å². The summed E-state index contributed by atoms with van der Waals surface area (Å²) < 4.78 is 0. The minimum atomic E-state index is -0.667. The minimum Gasteiger partial charge on any atom is -0.353 e. The smallest absolute Gasteiger partial charge is 0.320 e. The Balaban J connectivity index is 1.23. The Hall–Kier alpha value is -3.58. The maximum atomic E-state index is 13.8. The third-order valence-corrected chi connectivity index (χ3v) is 8.11. The fourth-order valence-corrected chi connectivity index (χ4v) is 5.64. The van der Waals surface area contributed by atoms with Gasteiger partial charge in [0.05, 0.1) is 16.5 Å². The van der Waals surface area contributed by atoms with Crippen LogP contribution in [-0.2, 0) is 10.2 Å². The lowest BCUT2D eigenvalue weighted by Crippen LogP contribution is -2.57. The highest BCUT2D eigenvalue weighted by Gasteiger charge is 2.44. The number of likely N-dealkylation sites (tertiary alicyclic amines) is 1. The lowest BCUT2D eigenvalue weighted by Gasteiger charge is -2.44. The number of piperidine rings is 1. The molecule has 0 saturated carbocycles. The summed E-state index contributed by atoms with van der Waals surface area (Å²) in [7, 11) is 0. The molecule has 1 aromatic heterocycles. The first-order valence-electron chi connectivity index (χ1n) is 13.3. The van der Waals surface area contributed by atoms with E-state index in [1.54, 1.807) is 6.20 Å². The van der Waals surface area contributed by atoms with E-state index in [1.807, 2.05) is 89.5 Å². The van der Waals surface area contributed by atoms with Crippen LogP contribution in [0.15, 0.2) is 79.0 Å². The Morgan fingerprint density at radius 3 is 2.05 bits per heavy atom. The highest BCUT2D eigenvalue weighted by molar-refractivity contribution is 6.30. The molecule has 0 radical (unpaired) electrons. The van der Waals surface area contributed by atoms with Gasteiger partial charge in [-0.05, 0) is 43.0 Å². The van der Waals surface area contributed by atoms with Crippen molar-refractivity contribution in [2.45, 2.75) is 31.2 Å². The van der Waals surface area contributed by atoms with Crippen molar-refractivity contribution in [1.29, 1.82) is 0 Å². The molecule has 2 aliphatic heterocycles. The van der Waals surface area contributed by atoms with Gasteiger partial charge >= 0.3 is 6.03 Å². The molecule has 3 aromatic rings. The molecule has 0 spiro atoms. The Labute approximate surface area is 229 Å². The second-order valence-electron chi connectivity index (χ2n) is 10.1. The summed E-state index contributed by atoms with van der Waals surface area (Å²) in [6, 6.07) is 23.7. The van der Waals surface area contributed by atoms with Crippen LogP contribution in [0.5, 0.6) is 0 Å². The fourth-order valence-electron chi connectivity index (χ4n) is 5.53. The lowest BCUT2D eigenvalue weighted by molar-refractivity contribution is -0.129. The van der Waals surface area contributed by atoms with E-state index in [-0.39, 0.29) is 18.0 Å². The number of halogens is 1. The number of hydrogen-bond donors (Lipinski definition) is 1. The van der Waals surface area contributed by atoms with Gasteiger partial charge in [0.25, 0.3) is 0 Å². The van der Waals surface area contributed by atoms with E-state index in [1.165, 1.54) is 0 Å². The first kappa shape index (κ1) is 26.0. The highest BCUT2D eigenvalue weighted by Crippen LogP contribution is 2.37. The second kappa shape index (κ2) is 11.4. The summed E-state index contributed by atoms with van der Waals surface area (Å²) in [6.45, 7) is 5.82. The number of anilines is 1. The molecule has 0 bridgehead atoms. The van der Waals surface area contributed by atoms with E-state index in [4.69, 9.17) is 11.6 Å². The normalized spacial score (nSPS) is 18.1. The number of amides is 3. The van der Waals surface area contributed by atoms with Crippen molar-refractivity contribution >= 4 is 29.4 Å². The van der Waals surface area contributed by atoms with E-state index < -0.39 is 5.41 Å². The van der Waals surface area contributed by atoms with Crippen LogP contribution in [-0.4, -0.2) is 66.0 Å². The summed E-state index contributed by atoms with van der Waals surface area (Å²) in [5.41, 5.74) is 1.42. The first-order chi connectivity index (χ1) is 18.5. The summed E-state index contributed by atoms with van der Waals surface area (Å²) in [5, 5.41) is 3.88. The molecule has 0 aliphatic carbocycles. The molecule has 38 heavy (non-hydrogen) atoms. The van der Waals surface area contributed by atoms with E-state index in [9.17, 15) is 9.59 Å². The Kier molecular flexibility index (Phi) is 7.84. The Morgan fingerprint density at radius 2 is 1.45 bits per heavy atom. The molecular formula is C30H34ClN5O2. The van der Waals surface area contributed by atoms with Gasteiger partial charge in [-0.25, -0.2) is 9.78 Å². The van der Waals surface area contributed by atoms with Crippen LogP contribution in [0.25, 0.3) is 0 Å². The standard InChI is InChI=1S/C30H34ClN5O2/c1-23(24-8-4-2-5-9-24)33-28(37)30(25-10-6-3-7-11-25)14-16-35(17-15-30)29(38)36-20-18-34(19-21-36)27-13-12-26(31)22-32-27/h2-13,22-23H,14-21H2,1H3,(H,33,37)/t23-/m0/s1. The zero-order valence-electron chi connectivity index (χ0n) is 21.7. The van der Waals surface area contributed by atoms with Gasteiger partial charge in [-0.15, -0.1) is 0 Å². The molecule has 5 rings (SSSR count). The molecule has 198 valence electrons. The predicted molar refractivity (Wildman–Crippen MR) is 150 cm³/mol. The molecule has 2 saturated heterocycles. The first-order valence-corrected chi connectivity index (χ1v) is 13.7. The number of carbonyl (C=O) groups is 2. The zero-order chi connectivity index (χ0) is 26.5. The van der Waals surface area contributed by atoms with Crippen molar-refractivity contribution in [3.05, 3.63) is 95.1 Å². The molecular weight excluding hydrogens is 498 g/mol. The van der Waals surface area contributed by atoms with Gasteiger partial charge in [0.2, 0.25) is 5.91 Å². The molecule has 2 aliphatic rings. The summed E-state index contributed by atoms with van der Waals surface area (Å²) >= 11 is 5.97. The molecule has 8 heteroatoms. The number of aromatic nitrogens is 1. The third-order valence-electron chi connectivity index (χ3n) is 7.88. The van der Waals surface area contributed by atoms with Crippen molar-refractivity contribution in [1.82, 2.24) is 20.1 Å². The van der Waals surface area contributed by atoms with E-state index in [0.29, 0.717) is 44.0 Å². The SMILES string of the molecule is C[C@H](NC(=O)C1(c2ccccc2)CCN(C(=O)N2CCN(c3ccc(Cl)cn3)CC2)CC1)c1ccccc1. The number of nitrogens with one attached hydrogen (secondary N) is 1. The maximum absolute atomic E-state index is 13.8. The Morgan fingerprint density at radius 1 is 0.842 bits per heavy atom. The van der Waals surface area contributed by atoms with Crippen LogP contribution < -0.4 is 10.2 Å². The van der Waals surface area contributed by atoms with Crippen LogP contribution in [0.1, 0.15) is 36.9 Å². The van der Waals surface area contributed by atoms with Gasteiger partial charge in [0.1, 0.15) is 5.82 Å². The quantitative estimate of drug-likeness (QED) is 0.509. The van der Waals surface area contributed by atoms with Crippen molar-refractivity contribution < 1.29 is 9.59 Å². The number of urea groups is 1. The molecule has 2 fully saturated rings. The second-order valence-corrected chi connectivity index (χ2v) is 10.6. The van der Waals surface area contributed by atoms with E-state index in [0.717, 1.165) is 30.0 Å². The van der Waals surface area contributed by atoms with Crippen LogP contribution in [0, 0.1) is 0 Å². The minimum absolute atomic E-state index is 0.0243. The molecule has 3 heterocycles. The zero-order valence-corrected chi connectivity index (χ0v) is 22.5. The molecule has 1 atom stereocenters. The monoisotopic (exact) mass is 531 g/mol. The third kappa shape index (κ3) is 5.48. The van der Waals surface area contributed by atoms with Crippen LogP contribution in [0.3, 0.4) is 0 Å². The molecule has 7 nitrogen and oxygen atoms in total. The summed E-state index contributed by atoms with van der Waals surface area (Å²) in [6.07, 6.45) is 2.83. The van der Waals surface area contributed by atoms with E-state index in [2.05, 4.69) is 15.2 Å². The molecule has 1 N–H and O–H groups in total. The number of hydrogen-bond acceptors (Lipinski definition) is 4. The average Bonchev–Trinajstić information content (AvgIpc) is 2.98. The van der Waals surface area contributed by atoms with Crippen molar-refractivity contribution in [3.8, 4) is 0 Å². The molecule has 0 unspecified atom stereocenters. The largest absolute Gasteiger partial charge is 0.353 e. The van der Waals surface area contributed by atoms with E-state index >= 15 is 0 Å². The summed E-state index contributed by atoms with van der Waals surface area (Å²) in [4.78, 5) is 37.7. The van der Waals surface area contributed by atoms with Gasteiger partial charge in [0, 0.05) is 45.5 Å². The van der Waals surface area contributed by atoms with Crippen LogP contribution in [0.2, 0.25) is 5.02 Å². The molecule has 2 aromatic carbocycles. The number of benzene rings is 2. The van der Waals surface area contributed by atoms with Gasteiger partial charge in [0.15, 0.2) is 0 Å². The number of carbonyl (C=O) groups excluding carboxylic acids is 2. The van der Waals surface area contributed by atoms with Gasteiger partial charge in [-0.1, -0.05) is 72.3 Å². The molecule has 3 amide bonds. The van der Waals surface area contributed by atoms with Crippen molar-refractivity contribution in [2.75, 3.05) is 44.2 Å².